The number of amides is 2. The van der Waals surface area contributed by atoms with Crippen LogP contribution in [0.25, 0.3) is 0 Å². The zero-order chi connectivity index (χ0) is 18.2. The average Bonchev–Trinajstić information content (AvgIpc) is 2.95. The Hall–Kier alpha value is -1.92. The minimum absolute atomic E-state index is 0.0622. The van der Waals surface area contributed by atoms with Gasteiger partial charge in [0.2, 0.25) is 23.6 Å². The van der Waals surface area contributed by atoms with Crippen molar-refractivity contribution in [2.24, 2.45) is 5.73 Å². The molecule has 0 aromatic carbocycles. The van der Waals surface area contributed by atoms with Crippen LogP contribution in [0.1, 0.15) is 90.5 Å². The van der Waals surface area contributed by atoms with Crippen LogP contribution in [0, 0.1) is 0 Å². The van der Waals surface area contributed by atoms with Gasteiger partial charge in [-0.2, -0.15) is 0 Å². The summed E-state index contributed by atoms with van der Waals surface area (Å²) in [6, 6.07) is -0.672. The Balaban J connectivity index is 2.64. The second-order valence-electron chi connectivity index (χ2n) is 7.15. The highest BCUT2D eigenvalue weighted by Gasteiger charge is 2.27. The highest BCUT2D eigenvalue weighted by atomic mass is 16.4. The molecule has 2 amide bonds. The molecule has 1 aromatic heterocycles. The van der Waals surface area contributed by atoms with E-state index in [2.05, 4.69) is 22.4 Å². The Labute approximate surface area is 143 Å². The van der Waals surface area contributed by atoms with Crippen molar-refractivity contribution in [3.63, 3.8) is 0 Å². The number of nitrogens with two attached hydrogens (primary N) is 1. The van der Waals surface area contributed by atoms with Crippen LogP contribution in [0.3, 0.4) is 0 Å². The lowest BCUT2D eigenvalue weighted by Gasteiger charge is -2.15. The molecule has 0 bridgehead atoms. The van der Waals surface area contributed by atoms with E-state index in [0.29, 0.717) is 12.3 Å². The highest BCUT2D eigenvalue weighted by Crippen LogP contribution is 2.24. The first-order valence-electron chi connectivity index (χ1n) is 8.65. The van der Waals surface area contributed by atoms with Crippen LogP contribution < -0.4 is 11.1 Å². The third-order valence-electron chi connectivity index (χ3n) is 3.63. The molecule has 0 radical (unpaired) electrons. The largest absolute Gasteiger partial charge is 0.422 e. The summed E-state index contributed by atoms with van der Waals surface area (Å²) in [5.41, 5.74) is 4.97. The van der Waals surface area contributed by atoms with E-state index in [1.165, 1.54) is 12.8 Å². The number of hydrogen-bond acceptors (Lipinski definition) is 5. The van der Waals surface area contributed by atoms with Gasteiger partial charge in [0.25, 0.3) is 0 Å². The highest BCUT2D eigenvalue weighted by molar-refractivity contribution is 5.78. The Morgan fingerprint density at radius 1 is 1.17 bits per heavy atom. The predicted molar refractivity (Wildman–Crippen MR) is 91.1 cm³/mol. The fraction of sp³-hybridized carbons (Fsp3) is 0.765. The van der Waals surface area contributed by atoms with Crippen LogP contribution >= 0.6 is 0 Å². The van der Waals surface area contributed by atoms with E-state index in [1.807, 2.05) is 20.8 Å². The van der Waals surface area contributed by atoms with E-state index in [4.69, 9.17) is 10.2 Å². The number of nitrogens with zero attached hydrogens (tertiary/aromatic N) is 2. The normalized spacial score (nSPS) is 12.8. The maximum atomic E-state index is 12.1. The second kappa shape index (κ2) is 9.39. The second-order valence-corrected chi connectivity index (χ2v) is 7.15. The van der Waals surface area contributed by atoms with Crippen LogP contribution in [0.15, 0.2) is 4.42 Å². The summed E-state index contributed by atoms with van der Waals surface area (Å²) in [6.07, 6.45) is 5.69. The van der Waals surface area contributed by atoms with Gasteiger partial charge in [0, 0.05) is 11.8 Å². The first-order chi connectivity index (χ1) is 11.2. The number of unbranched alkanes of at least 4 members (excludes halogenated alkanes) is 4. The molecule has 7 heteroatoms. The molecule has 0 aliphatic carbocycles. The third-order valence-corrected chi connectivity index (χ3v) is 3.63. The lowest BCUT2D eigenvalue weighted by atomic mass is 9.97. The van der Waals surface area contributed by atoms with Gasteiger partial charge in [0.15, 0.2) is 0 Å². The number of carbonyl (C=O) groups excluding carboxylic acids is 2. The summed E-state index contributed by atoms with van der Waals surface area (Å²) < 4.78 is 5.62. The number of hydrogen-bond donors (Lipinski definition) is 2. The maximum absolute atomic E-state index is 12.1. The summed E-state index contributed by atoms with van der Waals surface area (Å²) in [6.45, 7) is 7.99. The molecule has 1 rings (SSSR count). The van der Waals surface area contributed by atoms with E-state index in [0.717, 1.165) is 19.3 Å². The maximum Gasteiger partial charge on any atom is 0.239 e. The van der Waals surface area contributed by atoms with Crippen LogP contribution in [0.5, 0.6) is 0 Å². The first-order valence-corrected chi connectivity index (χ1v) is 8.65. The molecule has 1 aromatic rings. The van der Waals surface area contributed by atoms with Crippen molar-refractivity contribution in [2.75, 3.05) is 0 Å². The molecule has 136 valence electrons. The fourth-order valence-corrected chi connectivity index (χ4v) is 2.24. The zero-order valence-corrected chi connectivity index (χ0v) is 15.2. The summed E-state index contributed by atoms with van der Waals surface area (Å²) in [4.78, 5) is 23.4. The lowest BCUT2D eigenvalue weighted by molar-refractivity contribution is -0.123. The van der Waals surface area contributed by atoms with Gasteiger partial charge in [-0.1, -0.05) is 53.4 Å². The molecule has 24 heavy (non-hydrogen) atoms. The van der Waals surface area contributed by atoms with Crippen molar-refractivity contribution in [3.05, 3.63) is 11.8 Å². The standard InChI is InChI=1S/C17H30N4O3/c1-5-6-7-8-9-10-14(23)19-12(11-13(18)22)15-20-21-16(24-15)17(2,3)4/h12H,5-11H2,1-4H3,(H2,18,22)(H,19,23)/t12-/m1/s1. The quantitative estimate of drug-likeness (QED) is 0.637. The van der Waals surface area contributed by atoms with Crippen molar-refractivity contribution in [2.45, 2.75) is 84.1 Å². The summed E-state index contributed by atoms with van der Waals surface area (Å²) in [5, 5.41) is 10.8. The van der Waals surface area contributed by atoms with E-state index in [1.54, 1.807) is 0 Å². The molecule has 0 saturated carbocycles. The molecule has 0 saturated heterocycles. The average molecular weight is 338 g/mol. The minimum Gasteiger partial charge on any atom is -0.422 e. The van der Waals surface area contributed by atoms with Gasteiger partial charge in [-0.3, -0.25) is 9.59 Å². The fourth-order valence-electron chi connectivity index (χ4n) is 2.24. The Bertz CT molecular complexity index is 534. The molecule has 0 aliphatic rings. The predicted octanol–water partition coefficient (Wildman–Crippen LogP) is 2.76. The third kappa shape index (κ3) is 7.10. The summed E-state index contributed by atoms with van der Waals surface area (Å²) in [7, 11) is 0. The molecule has 1 heterocycles. The molecule has 3 N–H and O–H groups in total. The van der Waals surface area contributed by atoms with Crippen molar-refractivity contribution >= 4 is 11.8 Å². The van der Waals surface area contributed by atoms with Crippen molar-refractivity contribution < 1.29 is 14.0 Å². The molecule has 1 atom stereocenters. The van der Waals surface area contributed by atoms with E-state index in [9.17, 15) is 9.59 Å². The Morgan fingerprint density at radius 2 is 1.83 bits per heavy atom. The number of rotatable bonds is 10. The van der Waals surface area contributed by atoms with Crippen molar-refractivity contribution in [3.8, 4) is 0 Å². The molecular weight excluding hydrogens is 308 g/mol. The minimum atomic E-state index is -0.672. The summed E-state index contributed by atoms with van der Waals surface area (Å²) >= 11 is 0. The van der Waals surface area contributed by atoms with Crippen LogP contribution in [-0.2, 0) is 15.0 Å². The topological polar surface area (TPSA) is 111 Å². The number of nitrogens with one attached hydrogen (secondary N) is 1. The lowest BCUT2D eigenvalue weighted by Crippen LogP contribution is -2.31. The van der Waals surface area contributed by atoms with E-state index < -0.39 is 11.9 Å². The molecule has 7 nitrogen and oxygen atoms in total. The van der Waals surface area contributed by atoms with Crippen LogP contribution in [0.4, 0.5) is 0 Å². The van der Waals surface area contributed by atoms with Gasteiger partial charge in [0.1, 0.15) is 6.04 Å². The molecule has 0 unspecified atom stereocenters. The monoisotopic (exact) mass is 338 g/mol. The van der Waals surface area contributed by atoms with Gasteiger partial charge in [0.05, 0.1) is 6.42 Å². The van der Waals surface area contributed by atoms with Crippen LogP contribution in [-0.4, -0.2) is 22.0 Å². The van der Waals surface area contributed by atoms with Crippen molar-refractivity contribution in [1.29, 1.82) is 0 Å². The van der Waals surface area contributed by atoms with E-state index >= 15 is 0 Å². The van der Waals surface area contributed by atoms with Crippen LogP contribution in [0.2, 0.25) is 0 Å². The molecule has 0 aliphatic heterocycles. The molecular formula is C17H30N4O3. The number of primary amides is 1. The van der Waals surface area contributed by atoms with Gasteiger partial charge < -0.3 is 15.5 Å². The Morgan fingerprint density at radius 3 is 2.38 bits per heavy atom. The number of aromatic nitrogens is 2. The van der Waals surface area contributed by atoms with Gasteiger partial charge in [-0.25, -0.2) is 0 Å². The molecule has 0 fully saturated rings. The molecule has 0 spiro atoms. The van der Waals surface area contributed by atoms with E-state index in [-0.39, 0.29) is 23.6 Å². The van der Waals surface area contributed by atoms with Gasteiger partial charge >= 0.3 is 0 Å². The SMILES string of the molecule is CCCCCCCC(=O)N[C@H](CC(N)=O)c1nnc(C(C)(C)C)o1. The summed E-state index contributed by atoms with van der Waals surface area (Å²) in [5.74, 6) is 0.0193. The zero-order valence-electron chi connectivity index (χ0n) is 15.2. The Kier molecular flexibility index (Phi) is 7.88. The van der Waals surface area contributed by atoms with Crippen molar-refractivity contribution in [1.82, 2.24) is 15.5 Å². The smallest absolute Gasteiger partial charge is 0.239 e. The number of carbonyl (C=O) groups is 2. The first kappa shape index (κ1) is 20.1. The van der Waals surface area contributed by atoms with Gasteiger partial charge in [-0.05, 0) is 6.42 Å². The van der Waals surface area contributed by atoms with Gasteiger partial charge in [-0.15, -0.1) is 10.2 Å².